The lowest BCUT2D eigenvalue weighted by Gasteiger charge is -2.07. The molecule has 0 aliphatic rings. The number of ketones is 1. The number of nitrogens with one attached hydrogen (secondary N) is 1. The predicted octanol–water partition coefficient (Wildman–Crippen LogP) is 3.69. The fourth-order valence-electron chi connectivity index (χ4n) is 3.20. The number of carbonyl (C=O) groups excluding carboxylic acids is 2. The molecule has 3 rings (SSSR count). The van der Waals surface area contributed by atoms with Crippen LogP contribution in [0.3, 0.4) is 0 Å². The molecule has 0 radical (unpaired) electrons. The molecule has 0 amide bonds. The SMILES string of the molecule is N#CCCn1cc(C(=O)COC(=O)CCNc2ccccc2[N+](=O)[O-])c2ccccc21. The van der Waals surface area contributed by atoms with E-state index in [0.29, 0.717) is 24.2 Å². The van der Waals surface area contributed by atoms with E-state index in [0.717, 1.165) is 10.9 Å². The number of nitro groups is 1. The van der Waals surface area contributed by atoms with Crippen molar-refractivity contribution in [1.82, 2.24) is 4.57 Å². The maximum Gasteiger partial charge on any atom is 0.308 e. The monoisotopic (exact) mass is 420 g/mol. The summed E-state index contributed by atoms with van der Waals surface area (Å²) >= 11 is 0. The lowest BCUT2D eigenvalue weighted by Crippen LogP contribution is -2.17. The molecule has 158 valence electrons. The van der Waals surface area contributed by atoms with Gasteiger partial charge in [0.25, 0.3) is 5.69 Å². The Balaban J connectivity index is 1.56. The Morgan fingerprint density at radius 3 is 2.68 bits per heavy atom. The second-order valence-corrected chi connectivity index (χ2v) is 6.70. The second-order valence-electron chi connectivity index (χ2n) is 6.70. The highest BCUT2D eigenvalue weighted by atomic mass is 16.6. The maximum atomic E-state index is 12.6. The molecular weight excluding hydrogens is 400 g/mol. The van der Waals surface area contributed by atoms with Crippen LogP contribution in [0, 0.1) is 21.4 Å². The number of aromatic nitrogens is 1. The number of fused-ring (bicyclic) bond motifs is 1. The van der Waals surface area contributed by atoms with Gasteiger partial charge in [0.05, 0.1) is 23.8 Å². The molecule has 1 aromatic heterocycles. The smallest absolute Gasteiger partial charge is 0.308 e. The Bertz CT molecular complexity index is 1160. The molecule has 0 atom stereocenters. The van der Waals surface area contributed by atoms with Crippen LogP contribution in [0.2, 0.25) is 0 Å². The molecule has 0 saturated heterocycles. The first-order chi connectivity index (χ1) is 15.0. The number of benzene rings is 2. The van der Waals surface area contributed by atoms with Gasteiger partial charge >= 0.3 is 5.97 Å². The Morgan fingerprint density at radius 2 is 1.90 bits per heavy atom. The Kier molecular flexibility index (Phi) is 6.96. The molecule has 3 aromatic rings. The summed E-state index contributed by atoms with van der Waals surface area (Å²) in [6.07, 6.45) is 1.94. The summed E-state index contributed by atoms with van der Waals surface area (Å²) in [6, 6.07) is 15.5. The van der Waals surface area contributed by atoms with Gasteiger partial charge in [-0.3, -0.25) is 19.7 Å². The highest BCUT2D eigenvalue weighted by Crippen LogP contribution is 2.23. The van der Waals surface area contributed by atoms with Crippen molar-refractivity contribution in [2.75, 3.05) is 18.5 Å². The van der Waals surface area contributed by atoms with Crippen molar-refractivity contribution in [3.63, 3.8) is 0 Å². The van der Waals surface area contributed by atoms with E-state index in [9.17, 15) is 19.7 Å². The van der Waals surface area contributed by atoms with Crippen molar-refractivity contribution in [2.24, 2.45) is 0 Å². The van der Waals surface area contributed by atoms with Crippen molar-refractivity contribution in [3.8, 4) is 6.07 Å². The van der Waals surface area contributed by atoms with Gasteiger partial charge in [0.1, 0.15) is 5.69 Å². The van der Waals surface area contributed by atoms with Gasteiger partial charge in [-0.05, 0) is 12.1 Å². The Hall–Kier alpha value is -4.19. The molecule has 0 saturated carbocycles. The summed E-state index contributed by atoms with van der Waals surface area (Å²) in [6.45, 7) is 0.184. The Morgan fingerprint density at radius 1 is 1.16 bits per heavy atom. The normalized spacial score (nSPS) is 10.4. The molecule has 2 aromatic carbocycles. The number of aryl methyl sites for hydroxylation is 1. The number of carbonyl (C=O) groups is 2. The van der Waals surface area contributed by atoms with Gasteiger partial charge < -0.3 is 14.6 Å². The standard InChI is InChI=1S/C22H20N4O5/c23-11-5-13-25-14-17(16-6-1-3-8-19(16)25)21(27)15-31-22(28)10-12-24-18-7-2-4-9-20(18)26(29)30/h1-4,6-9,14,24H,5,10,12-13,15H2. The summed E-state index contributed by atoms with van der Waals surface area (Å²) in [4.78, 5) is 35.1. The van der Waals surface area contributed by atoms with E-state index in [1.54, 1.807) is 24.4 Å². The highest BCUT2D eigenvalue weighted by Gasteiger charge is 2.17. The van der Waals surface area contributed by atoms with Crippen LogP contribution in [0.15, 0.2) is 54.7 Å². The number of anilines is 1. The number of ether oxygens (including phenoxy) is 1. The third-order valence-electron chi connectivity index (χ3n) is 4.66. The third kappa shape index (κ3) is 5.25. The van der Waals surface area contributed by atoms with Crippen LogP contribution in [-0.4, -0.2) is 34.4 Å². The zero-order chi connectivity index (χ0) is 22.2. The first-order valence-electron chi connectivity index (χ1n) is 9.62. The van der Waals surface area contributed by atoms with Crippen LogP contribution in [0.1, 0.15) is 23.2 Å². The number of nitrogens with zero attached hydrogens (tertiary/aromatic N) is 3. The van der Waals surface area contributed by atoms with Crippen molar-refractivity contribution in [1.29, 1.82) is 5.26 Å². The molecule has 9 heteroatoms. The van der Waals surface area contributed by atoms with Crippen LogP contribution < -0.4 is 5.32 Å². The van der Waals surface area contributed by atoms with Gasteiger partial charge in [-0.15, -0.1) is 0 Å². The van der Waals surface area contributed by atoms with Gasteiger partial charge in [0, 0.05) is 41.8 Å². The third-order valence-corrected chi connectivity index (χ3v) is 4.66. The van der Waals surface area contributed by atoms with Gasteiger partial charge in [-0.1, -0.05) is 30.3 Å². The van der Waals surface area contributed by atoms with Crippen molar-refractivity contribution >= 4 is 34.0 Å². The summed E-state index contributed by atoms with van der Waals surface area (Å²) in [5.74, 6) is -0.931. The molecule has 0 bridgehead atoms. The van der Waals surface area contributed by atoms with E-state index in [4.69, 9.17) is 10.00 Å². The van der Waals surface area contributed by atoms with Gasteiger partial charge in [0.2, 0.25) is 5.78 Å². The van der Waals surface area contributed by atoms with E-state index in [-0.39, 0.29) is 24.4 Å². The van der Waals surface area contributed by atoms with Crippen molar-refractivity contribution in [2.45, 2.75) is 19.4 Å². The number of rotatable bonds is 10. The summed E-state index contributed by atoms with van der Waals surface area (Å²) in [5, 5.41) is 23.4. The van der Waals surface area contributed by atoms with Crippen LogP contribution >= 0.6 is 0 Å². The molecule has 0 spiro atoms. The molecule has 31 heavy (non-hydrogen) atoms. The summed E-state index contributed by atoms with van der Waals surface area (Å²) < 4.78 is 6.93. The van der Waals surface area contributed by atoms with Gasteiger partial charge in [-0.2, -0.15) is 5.26 Å². The molecular formula is C22H20N4O5. The zero-order valence-electron chi connectivity index (χ0n) is 16.6. The summed E-state index contributed by atoms with van der Waals surface area (Å²) in [7, 11) is 0. The number of hydrogen-bond donors (Lipinski definition) is 1. The molecule has 0 unspecified atom stereocenters. The fourth-order valence-corrected chi connectivity index (χ4v) is 3.20. The average Bonchev–Trinajstić information content (AvgIpc) is 3.15. The topological polar surface area (TPSA) is 127 Å². The first kappa shape index (κ1) is 21.5. The quantitative estimate of drug-likeness (QED) is 0.229. The summed E-state index contributed by atoms with van der Waals surface area (Å²) in [5.41, 5.74) is 1.49. The van der Waals surface area contributed by atoms with E-state index in [1.165, 1.54) is 6.07 Å². The van der Waals surface area contributed by atoms with E-state index in [1.807, 2.05) is 28.8 Å². The van der Waals surface area contributed by atoms with Crippen LogP contribution in [0.25, 0.3) is 10.9 Å². The first-order valence-corrected chi connectivity index (χ1v) is 9.62. The molecule has 1 N–H and O–H groups in total. The maximum absolute atomic E-state index is 12.6. The molecule has 0 fully saturated rings. The minimum atomic E-state index is -0.590. The molecule has 1 heterocycles. The number of esters is 1. The van der Waals surface area contributed by atoms with Crippen LogP contribution in [-0.2, 0) is 16.1 Å². The molecule has 9 nitrogen and oxygen atoms in total. The molecule has 0 aliphatic carbocycles. The van der Waals surface area contributed by atoms with E-state index < -0.39 is 17.5 Å². The highest BCUT2D eigenvalue weighted by molar-refractivity contribution is 6.09. The fraction of sp³-hybridized carbons (Fsp3) is 0.227. The van der Waals surface area contributed by atoms with E-state index in [2.05, 4.69) is 11.4 Å². The largest absolute Gasteiger partial charge is 0.457 e. The predicted molar refractivity (Wildman–Crippen MR) is 114 cm³/mol. The van der Waals surface area contributed by atoms with Crippen molar-refractivity contribution < 1.29 is 19.2 Å². The lowest BCUT2D eigenvalue weighted by molar-refractivity contribution is -0.384. The van der Waals surface area contributed by atoms with Crippen molar-refractivity contribution in [3.05, 3.63) is 70.4 Å². The Labute approximate surface area is 178 Å². The average molecular weight is 420 g/mol. The second kappa shape index (κ2) is 10.0. The van der Waals surface area contributed by atoms with Gasteiger partial charge in [-0.25, -0.2) is 0 Å². The van der Waals surface area contributed by atoms with E-state index >= 15 is 0 Å². The lowest BCUT2D eigenvalue weighted by atomic mass is 10.1. The van der Waals surface area contributed by atoms with Gasteiger partial charge in [0.15, 0.2) is 6.61 Å². The number of para-hydroxylation sites is 3. The van der Waals surface area contributed by atoms with Crippen LogP contribution in [0.4, 0.5) is 11.4 Å². The molecule has 0 aliphatic heterocycles. The number of Topliss-reactive ketones (excluding diaryl/α,β-unsaturated/α-hetero) is 1. The van der Waals surface area contributed by atoms with Crippen LogP contribution in [0.5, 0.6) is 0 Å². The minimum Gasteiger partial charge on any atom is -0.457 e. The number of nitriles is 1. The number of nitro benzene ring substituents is 1. The zero-order valence-corrected chi connectivity index (χ0v) is 16.6. The number of hydrogen-bond acceptors (Lipinski definition) is 7. The minimum absolute atomic E-state index is 0.0523.